The van der Waals surface area contributed by atoms with E-state index in [1.54, 1.807) is 5.55 Å². The summed E-state index contributed by atoms with van der Waals surface area (Å²) in [6, 6.07) is 0. The van der Waals surface area contributed by atoms with Gasteiger partial charge in [0.1, 0.15) is 5.04 Å². The molecule has 1 rings (SSSR count). The van der Waals surface area contributed by atoms with Crippen molar-refractivity contribution in [1.29, 1.82) is 5.41 Å². The second-order valence-electron chi connectivity index (χ2n) is 1.32. The summed E-state index contributed by atoms with van der Waals surface area (Å²) < 4.78 is 0. The Morgan fingerprint density at radius 1 is 1.89 bits per heavy atom. The van der Waals surface area contributed by atoms with E-state index >= 15 is 0 Å². The normalized spacial score (nSPS) is 21.3. The average molecular weight is 139 g/mol. The maximum absolute atomic E-state index is 7.11. The molecule has 0 spiro atoms. The first kappa shape index (κ1) is 6.22. The standard InChI is InChI=1S/C5H5N3S/c1-2-7-5-4(6)8-3-9-5/h2-3,6H,1H2. The van der Waals surface area contributed by atoms with E-state index in [9.17, 15) is 0 Å². The summed E-state index contributed by atoms with van der Waals surface area (Å²) in [7, 11) is 0. The van der Waals surface area contributed by atoms with E-state index in [1.807, 2.05) is 0 Å². The lowest BCUT2D eigenvalue weighted by Gasteiger charge is -1.85. The van der Waals surface area contributed by atoms with Gasteiger partial charge in [0, 0.05) is 6.20 Å². The molecule has 0 fully saturated rings. The largest absolute Gasteiger partial charge is 0.281 e. The number of nitrogens with one attached hydrogen (secondary N) is 1. The number of hydrogen-bond acceptors (Lipinski definition) is 3. The highest BCUT2D eigenvalue weighted by Gasteiger charge is 2.09. The number of amidine groups is 1. The van der Waals surface area contributed by atoms with Crippen molar-refractivity contribution in [2.75, 3.05) is 0 Å². The fourth-order valence-electron chi connectivity index (χ4n) is 0.414. The van der Waals surface area contributed by atoms with Crippen LogP contribution in [-0.4, -0.2) is 16.4 Å². The van der Waals surface area contributed by atoms with Crippen LogP contribution in [0.4, 0.5) is 0 Å². The first-order valence-corrected chi connectivity index (χ1v) is 3.19. The molecule has 0 amide bonds. The van der Waals surface area contributed by atoms with E-state index < -0.39 is 0 Å². The van der Waals surface area contributed by atoms with E-state index in [0.29, 0.717) is 5.04 Å². The summed E-state index contributed by atoms with van der Waals surface area (Å²) in [5.74, 6) is 0.222. The molecular formula is C5H5N3S. The van der Waals surface area contributed by atoms with Gasteiger partial charge in [0.25, 0.3) is 0 Å². The van der Waals surface area contributed by atoms with Crippen molar-refractivity contribution < 1.29 is 0 Å². The van der Waals surface area contributed by atoms with Crippen molar-refractivity contribution >= 4 is 28.2 Å². The number of hydrogen-bond donors (Lipinski definition) is 1. The Bertz CT molecular complexity index is 204. The summed E-state index contributed by atoms with van der Waals surface area (Å²) in [6.07, 6.45) is 1.41. The monoisotopic (exact) mass is 139 g/mol. The summed E-state index contributed by atoms with van der Waals surface area (Å²) in [5, 5.41) is 7.73. The highest BCUT2D eigenvalue weighted by atomic mass is 32.2. The minimum Gasteiger partial charge on any atom is -0.281 e. The number of nitrogens with zero attached hydrogens (tertiary/aromatic N) is 2. The van der Waals surface area contributed by atoms with E-state index in [4.69, 9.17) is 5.41 Å². The van der Waals surface area contributed by atoms with Crippen LogP contribution in [0.3, 0.4) is 0 Å². The highest BCUT2D eigenvalue weighted by Crippen LogP contribution is 2.09. The van der Waals surface area contributed by atoms with Gasteiger partial charge in [-0.25, -0.2) is 9.98 Å². The van der Waals surface area contributed by atoms with Gasteiger partial charge in [0.2, 0.25) is 0 Å². The zero-order chi connectivity index (χ0) is 6.69. The van der Waals surface area contributed by atoms with Gasteiger partial charge in [-0.1, -0.05) is 18.3 Å². The van der Waals surface area contributed by atoms with Crippen LogP contribution in [-0.2, 0) is 0 Å². The molecule has 0 unspecified atom stereocenters. The molecule has 0 aliphatic carbocycles. The maximum Gasteiger partial charge on any atom is 0.178 e. The van der Waals surface area contributed by atoms with Gasteiger partial charge in [-0.2, -0.15) is 0 Å². The second-order valence-corrected chi connectivity index (χ2v) is 2.15. The summed E-state index contributed by atoms with van der Waals surface area (Å²) in [4.78, 5) is 7.48. The van der Waals surface area contributed by atoms with Gasteiger partial charge < -0.3 is 0 Å². The summed E-state index contributed by atoms with van der Waals surface area (Å²) in [6.45, 7) is 3.41. The van der Waals surface area contributed by atoms with Gasteiger partial charge in [0.15, 0.2) is 5.84 Å². The number of aliphatic imine (C=N–C) groups is 2. The predicted octanol–water partition coefficient (Wildman–Crippen LogP) is 1.28. The molecule has 46 valence electrons. The average Bonchev–Trinajstić information content (AvgIpc) is 2.18. The maximum atomic E-state index is 7.11. The summed E-state index contributed by atoms with van der Waals surface area (Å²) >= 11 is 1.34. The van der Waals surface area contributed by atoms with Crippen molar-refractivity contribution in [1.82, 2.24) is 0 Å². The molecular weight excluding hydrogens is 134 g/mol. The van der Waals surface area contributed by atoms with E-state index in [-0.39, 0.29) is 5.84 Å². The molecule has 0 atom stereocenters. The third-order valence-corrected chi connectivity index (χ3v) is 1.49. The lowest BCUT2D eigenvalue weighted by Crippen LogP contribution is -1.98. The van der Waals surface area contributed by atoms with Gasteiger partial charge in [-0.3, -0.25) is 5.41 Å². The quantitative estimate of drug-likeness (QED) is 0.584. The van der Waals surface area contributed by atoms with Crippen LogP contribution in [0, 0.1) is 5.41 Å². The molecule has 1 N–H and O–H groups in total. The van der Waals surface area contributed by atoms with Crippen LogP contribution in [0.25, 0.3) is 0 Å². The van der Waals surface area contributed by atoms with Crippen LogP contribution in [0.5, 0.6) is 0 Å². The third kappa shape index (κ3) is 1.26. The fourth-order valence-corrected chi connectivity index (χ4v) is 0.972. The predicted molar refractivity (Wildman–Crippen MR) is 41.4 cm³/mol. The Hall–Kier alpha value is -0.900. The molecule has 0 saturated carbocycles. The molecule has 0 aromatic rings. The molecule has 9 heavy (non-hydrogen) atoms. The zero-order valence-corrected chi connectivity index (χ0v) is 5.48. The van der Waals surface area contributed by atoms with Gasteiger partial charge in [-0.05, 0) is 0 Å². The Balaban J connectivity index is 2.77. The van der Waals surface area contributed by atoms with Gasteiger partial charge in [0.05, 0.1) is 5.55 Å². The highest BCUT2D eigenvalue weighted by molar-refractivity contribution is 8.27. The first-order valence-electron chi connectivity index (χ1n) is 2.31. The van der Waals surface area contributed by atoms with Crippen LogP contribution in [0.1, 0.15) is 0 Å². The second kappa shape index (κ2) is 2.59. The first-order chi connectivity index (χ1) is 4.34. The topological polar surface area (TPSA) is 48.6 Å². The van der Waals surface area contributed by atoms with Crippen molar-refractivity contribution in [3.63, 3.8) is 0 Å². The van der Waals surface area contributed by atoms with Crippen LogP contribution < -0.4 is 0 Å². The summed E-state index contributed by atoms with van der Waals surface area (Å²) in [5.41, 5.74) is 1.59. The van der Waals surface area contributed by atoms with Crippen LogP contribution in [0.2, 0.25) is 0 Å². The molecule has 0 bridgehead atoms. The van der Waals surface area contributed by atoms with Crippen molar-refractivity contribution in [2.45, 2.75) is 0 Å². The lowest BCUT2D eigenvalue weighted by molar-refractivity contribution is 1.48. The molecule has 1 heterocycles. The molecule has 0 aromatic carbocycles. The van der Waals surface area contributed by atoms with E-state index in [0.717, 1.165) is 0 Å². The molecule has 0 aromatic heterocycles. The molecule has 1 aliphatic rings. The Labute approximate surface area is 57.1 Å². The van der Waals surface area contributed by atoms with Gasteiger partial charge in [-0.15, -0.1) is 0 Å². The lowest BCUT2D eigenvalue weighted by atomic mass is 10.6. The van der Waals surface area contributed by atoms with Gasteiger partial charge >= 0.3 is 0 Å². The van der Waals surface area contributed by atoms with Crippen molar-refractivity contribution in [3.8, 4) is 0 Å². The smallest absolute Gasteiger partial charge is 0.178 e. The van der Waals surface area contributed by atoms with E-state index in [1.165, 1.54) is 18.0 Å². The molecule has 0 radical (unpaired) electrons. The minimum absolute atomic E-state index is 0.222. The molecule has 4 heteroatoms. The third-order valence-electron chi connectivity index (χ3n) is 0.757. The van der Waals surface area contributed by atoms with Crippen molar-refractivity contribution in [2.24, 2.45) is 9.98 Å². The van der Waals surface area contributed by atoms with Crippen LogP contribution >= 0.6 is 11.8 Å². The van der Waals surface area contributed by atoms with E-state index in [2.05, 4.69) is 16.6 Å². The molecule has 3 nitrogen and oxygen atoms in total. The Morgan fingerprint density at radius 3 is 3.11 bits per heavy atom. The molecule has 1 aliphatic heterocycles. The number of rotatable bonds is 1. The SMILES string of the molecule is C=CN=C1SC=NC1=N. The molecule has 0 saturated heterocycles. The van der Waals surface area contributed by atoms with Crippen molar-refractivity contribution in [3.05, 3.63) is 12.8 Å². The Kier molecular flexibility index (Phi) is 1.79. The minimum atomic E-state index is 0.222. The van der Waals surface area contributed by atoms with Crippen LogP contribution in [0.15, 0.2) is 22.8 Å². The number of thioether (sulfide) groups is 1. The fraction of sp³-hybridized carbons (Fsp3) is 0. The zero-order valence-electron chi connectivity index (χ0n) is 4.66. The Morgan fingerprint density at radius 2 is 2.67 bits per heavy atom.